The van der Waals surface area contributed by atoms with Crippen LogP contribution in [0.1, 0.15) is 41.5 Å². The van der Waals surface area contributed by atoms with Crippen LogP contribution < -0.4 is 0 Å². The Hall–Kier alpha value is 1.10. The molecule has 5 nitrogen and oxygen atoms in total. The van der Waals surface area contributed by atoms with Crippen LogP contribution in [0.15, 0.2) is 0 Å². The summed E-state index contributed by atoms with van der Waals surface area (Å²) in [6.45, 7) is 4.77. The van der Waals surface area contributed by atoms with Crippen LogP contribution in [-0.2, 0) is 37.0 Å². The first-order valence-electron chi connectivity index (χ1n) is 5.78. The fraction of sp³-hybridized carbons (Fsp3) is 1.00. The fourth-order valence-electron chi connectivity index (χ4n) is 0.728. The molecule has 9 heteroatoms. The van der Waals surface area contributed by atoms with Crippen LogP contribution in [0.3, 0.4) is 0 Å². The molecule has 19 heavy (non-hydrogen) atoms. The highest BCUT2D eigenvalue weighted by molar-refractivity contribution is 8.14. The van der Waals surface area contributed by atoms with Gasteiger partial charge in [0.15, 0.2) is 0 Å². The predicted molar refractivity (Wildman–Crippen MR) is 84.9 cm³/mol. The van der Waals surface area contributed by atoms with E-state index in [1.165, 1.54) is 0 Å². The maximum atomic E-state index is 9.85. The molecule has 2 N–H and O–H groups in total. The smallest absolute Gasteiger partial charge is 0.324 e. The molecule has 0 radical (unpaired) electrons. The highest BCUT2D eigenvalue weighted by atomic mass is 32.5. The second kappa shape index (κ2) is 6.91. The summed E-state index contributed by atoms with van der Waals surface area (Å²) < 4.78 is 15.2. The molecule has 0 aliphatic carbocycles. The molecule has 116 valence electrons. The number of rotatable bonds is 6. The zero-order valence-corrected chi connectivity index (χ0v) is 15.7. The third-order valence-electron chi connectivity index (χ3n) is 1.53. The third-order valence-corrected chi connectivity index (χ3v) is 5.92. The molecule has 2 unspecified atom stereocenters. The SMILES string of the molecule is CC(C)(C)COP(O)(=S)OP(O)(=S)OCC(C)(C)C. The molecule has 0 aromatic carbocycles. The van der Waals surface area contributed by atoms with Crippen LogP contribution >= 0.6 is 13.4 Å². The summed E-state index contributed by atoms with van der Waals surface area (Å²) in [6, 6.07) is 0. The van der Waals surface area contributed by atoms with Gasteiger partial charge >= 0.3 is 13.4 Å². The van der Waals surface area contributed by atoms with E-state index in [9.17, 15) is 9.79 Å². The van der Waals surface area contributed by atoms with Gasteiger partial charge in [-0.1, -0.05) is 41.5 Å². The molecule has 0 amide bonds. The van der Waals surface area contributed by atoms with Crippen LogP contribution in [0.4, 0.5) is 0 Å². The Morgan fingerprint density at radius 1 is 0.789 bits per heavy atom. The number of hydrogen-bond acceptors (Lipinski definition) is 5. The van der Waals surface area contributed by atoms with E-state index in [2.05, 4.69) is 0 Å². The van der Waals surface area contributed by atoms with Gasteiger partial charge in [0.05, 0.1) is 13.2 Å². The van der Waals surface area contributed by atoms with Gasteiger partial charge in [-0.3, -0.25) is 0 Å². The zero-order chi connectivity index (χ0) is 15.5. The van der Waals surface area contributed by atoms with E-state index >= 15 is 0 Å². The summed E-state index contributed by atoms with van der Waals surface area (Å²) in [4.78, 5) is 19.7. The summed E-state index contributed by atoms with van der Waals surface area (Å²) >= 11 is 9.62. The van der Waals surface area contributed by atoms with Gasteiger partial charge in [0.25, 0.3) is 0 Å². The molecular weight excluding hydrogens is 326 g/mol. The summed E-state index contributed by atoms with van der Waals surface area (Å²) in [5.74, 6) is 0. The lowest BCUT2D eigenvalue weighted by Crippen LogP contribution is -2.15. The predicted octanol–water partition coefficient (Wildman–Crippen LogP) is 3.56. The van der Waals surface area contributed by atoms with Crippen molar-refractivity contribution in [2.45, 2.75) is 41.5 Å². The molecule has 0 spiro atoms. The minimum Gasteiger partial charge on any atom is -0.324 e. The third kappa shape index (κ3) is 12.5. The quantitative estimate of drug-likeness (QED) is 0.710. The van der Waals surface area contributed by atoms with Gasteiger partial charge < -0.3 is 18.8 Å². The van der Waals surface area contributed by atoms with E-state index in [0.29, 0.717) is 0 Å². The van der Waals surface area contributed by atoms with Gasteiger partial charge in [-0.25, -0.2) is 4.31 Å². The monoisotopic (exact) mass is 350 g/mol. The molecule has 0 bridgehead atoms. The summed E-state index contributed by atoms with van der Waals surface area (Å²) in [5.41, 5.74) is -0.360. The van der Waals surface area contributed by atoms with E-state index < -0.39 is 13.4 Å². The van der Waals surface area contributed by atoms with Crippen LogP contribution in [0.2, 0.25) is 0 Å². The normalized spacial score (nSPS) is 19.8. The van der Waals surface area contributed by atoms with Crippen molar-refractivity contribution in [3.8, 4) is 0 Å². The maximum Gasteiger partial charge on any atom is 0.331 e. The van der Waals surface area contributed by atoms with Gasteiger partial charge in [-0.2, -0.15) is 0 Å². The average molecular weight is 350 g/mol. The largest absolute Gasteiger partial charge is 0.331 e. The first-order chi connectivity index (χ1) is 8.12. The molecule has 0 aromatic heterocycles. The molecule has 0 fully saturated rings. The molecule has 0 rings (SSSR count). The van der Waals surface area contributed by atoms with Crippen molar-refractivity contribution < 1.29 is 23.1 Å². The Morgan fingerprint density at radius 3 is 1.26 bits per heavy atom. The van der Waals surface area contributed by atoms with E-state index in [-0.39, 0.29) is 24.0 Å². The van der Waals surface area contributed by atoms with Crippen molar-refractivity contribution in [1.29, 1.82) is 0 Å². The Kier molecular flexibility index (Phi) is 7.31. The highest BCUT2D eigenvalue weighted by Crippen LogP contribution is 2.61. The molecule has 0 saturated carbocycles. The Labute approximate surface area is 126 Å². The minimum absolute atomic E-state index is 0.180. The second-order valence-electron chi connectivity index (χ2n) is 6.69. The van der Waals surface area contributed by atoms with E-state index in [4.69, 9.17) is 37.0 Å². The lowest BCUT2D eigenvalue weighted by atomic mass is 9.99. The van der Waals surface area contributed by atoms with E-state index in [1.54, 1.807) is 0 Å². The second-order valence-corrected chi connectivity index (χ2v) is 12.5. The van der Waals surface area contributed by atoms with Gasteiger partial charge in [0.1, 0.15) is 0 Å². The first kappa shape index (κ1) is 20.1. The lowest BCUT2D eigenvalue weighted by Gasteiger charge is -2.27. The van der Waals surface area contributed by atoms with Crippen molar-refractivity contribution in [1.82, 2.24) is 0 Å². The van der Waals surface area contributed by atoms with Crippen LogP contribution in [0, 0.1) is 10.8 Å². The van der Waals surface area contributed by atoms with Crippen LogP contribution in [0.25, 0.3) is 0 Å². The van der Waals surface area contributed by atoms with Crippen molar-refractivity contribution >= 4 is 37.1 Å². The van der Waals surface area contributed by atoms with Crippen molar-refractivity contribution in [2.75, 3.05) is 13.2 Å². The van der Waals surface area contributed by atoms with Crippen LogP contribution in [0.5, 0.6) is 0 Å². The molecule has 0 aliphatic rings. The molecule has 0 saturated heterocycles. The van der Waals surface area contributed by atoms with E-state index in [0.717, 1.165) is 0 Å². The van der Waals surface area contributed by atoms with Gasteiger partial charge in [-0.15, -0.1) is 0 Å². The van der Waals surface area contributed by atoms with E-state index in [1.807, 2.05) is 41.5 Å². The highest BCUT2D eigenvalue weighted by Gasteiger charge is 2.30. The Bertz CT molecular complexity index is 350. The van der Waals surface area contributed by atoms with Gasteiger partial charge in [0, 0.05) is 0 Å². The molecule has 0 aromatic rings. The standard InChI is InChI=1S/C10H24O5P2S2/c1-9(2,3)7-13-16(11,18)15-17(12,19)14-8-10(4,5)6/h7-8H2,1-6H3,(H,11,18)(H,12,19). The Morgan fingerprint density at radius 2 is 1.05 bits per heavy atom. The van der Waals surface area contributed by atoms with Gasteiger partial charge in [-0.05, 0) is 34.4 Å². The maximum absolute atomic E-state index is 9.85. The topological polar surface area (TPSA) is 68.2 Å². The molecule has 0 heterocycles. The fourth-order valence-corrected chi connectivity index (χ4v) is 5.57. The molecular formula is C10H24O5P2S2. The Balaban J connectivity index is 4.47. The number of hydrogen-bond donors (Lipinski definition) is 2. The minimum atomic E-state index is -3.59. The summed E-state index contributed by atoms with van der Waals surface area (Å²) in [7, 11) is 0. The van der Waals surface area contributed by atoms with Crippen molar-refractivity contribution in [2.24, 2.45) is 10.8 Å². The summed E-state index contributed by atoms with van der Waals surface area (Å²) in [6.07, 6.45) is 0. The van der Waals surface area contributed by atoms with Gasteiger partial charge in [0.2, 0.25) is 0 Å². The zero-order valence-electron chi connectivity index (χ0n) is 12.2. The average Bonchev–Trinajstić information content (AvgIpc) is 2.09. The molecule has 0 aliphatic heterocycles. The van der Waals surface area contributed by atoms with Crippen molar-refractivity contribution in [3.63, 3.8) is 0 Å². The van der Waals surface area contributed by atoms with Crippen molar-refractivity contribution in [3.05, 3.63) is 0 Å². The van der Waals surface area contributed by atoms with Crippen LogP contribution in [-0.4, -0.2) is 23.0 Å². The molecule has 2 atom stereocenters. The summed E-state index contributed by atoms with van der Waals surface area (Å²) in [5, 5.41) is 0. The lowest BCUT2D eigenvalue weighted by molar-refractivity contribution is 0.147. The first-order valence-corrected chi connectivity index (χ1v) is 11.0.